The third-order valence-electron chi connectivity index (χ3n) is 4.96. The molecule has 0 saturated heterocycles. The first-order chi connectivity index (χ1) is 13.8. The zero-order chi connectivity index (χ0) is 21.1. The molecule has 1 aromatic heterocycles. The molecule has 3 rings (SSSR count). The van der Waals surface area contributed by atoms with E-state index in [-0.39, 0.29) is 11.7 Å². The lowest BCUT2D eigenvalue weighted by molar-refractivity contribution is -0.115. The standard InChI is InChI=1S/C24H24N2O2S/c1-15-6-8-20(12-17(15)3)23(28)11-9-21-14-29-24(25-21)26(19(5)27)22-10-7-16(2)18(4)13-22/h6-14H,1-5H3/b11-9+. The minimum Gasteiger partial charge on any atom is -0.289 e. The molecule has 0 atom stereocenters. The van der Waals surface area contributed by atoms with Crippen LogP contribution in [-0.4, -0.2) is 16.7 Å². The Kier molecular flexibility index (Phi) is 6.09. The summed E-state index contributed by atoms with van der Waals surface area (Å²) in [7, 11) is 0. The van der Waals surface area contributed by atoms with Gasteiger partial charge in [-0.05, 0) is 80.3 Å². The number of benzene rings is 2. The van der Waals surface area contributed by atoms with Gasteiger partial charge in [0.15, 0.2) is 10.9 Å². The van der Waals surface area contributed by atoms with E-state index in [0.29, 0.717) is 16.4 Å². The zero-order valence-electron chi connectivity index (χ0n) is 17.3. The molecule has 0 spiro atoms. The Hall–Kier alpha value is -3.05. The van der Waals surface area contributed by atoms with E-state index in [1.165, 1.54) is 29.9 Å². The van der Waals surface area contributed by atoms with Gasteiger partial charge in [-0.3, -0.25) is 14.5 Å². The summed E-state index contributed by atoms with van der Waals surface area (Å²) < 4.78 is 0. The number of carbonyl (C=O) groups excluding carboxylic acids is 2. The summed E-state index contributed by atoms with van der Waals surface area (Å²) in [5.41, 5.74) is 6.62. The smallest absolute Gasteiger partial charge is 0.230 e. The molecule has 0 aliphatic carbocycles. The van der Waals surface area contributed by atoms with Crippen molar-refractivity contribution in [1.29, 1.82) is 0 Å². The van der Waals surface area contributed by atoms with Crippen LogP contribution in [0.5, 0.6) is 0 Å². The number of rotatable bonds is 5. The maximum atomic E-state index is 12.4. The van der Waals surface area contributed by atoms with Crippen LogP contribution >= 0.6 is 11.3 Å². The fourth-order valence-electron chi connectivity index (χ4n) is 2.90. The van der Waals surface area contributed by atoms with Gasteiger partial charge in [0.05, 0.1) is 11.4 Å². The fraction of sp³-hybridized carbons (Fsp3) is 0.208. The molecule has 0 unspecified atom stereocenters. The van der Waals surface area contributed by atoms with Gasteiger partial charge in [0.2, 0.25) is 5.91 Å². The molecule has 0 saturated carbocycles. The second kappa shape index (κ2) is 8.53. The SMILES string of the molecule is CC(=O)N(c1ccc(C)c(C)c1)c1nc(/C=C/C(=O)c2ccc(C)c(C)c2)cs1. The number of anilines is 2. The van der Waals surface area contributed by atoms with Crippen molar-refractivity contribution in [3.05, 3.63) is 81.4 Å². The number of aromatic nitrogens is 1. The molecule has 0 radical (unpaired) electrons. The van der Waals surface area contributed by atoms with E-state index >= 15 is 0 Å². The molecule has 2 aromatic carbocycles. The number of allylic oxidation sites excluding steroid dienone is 1. The molecule has 4 nitrogen and oxygen atoms in total. The van der Waals surface area contributed by atoms with E-state index in [2.05, 4.69) is 4.98 Å². The number of ketones is 1. The third-order valence-corrected chi connectivity index (χ3v) is 5.81. The Balaban J connectivity index is 1.83. The summed E-state index contributed by atoms with van der Waals surface area (Å²) in [5.74, 6) is -0.176. The Morgan fingerprint density at radius 1 is 0.931 bits per heavy atom. The van der Waals surface area contributed by atoms with E-state index in [4.69, 9.17) is 0 Å². The minimum absolute atomic E-state index is 0.0692. The van der Waals surface area contributed by atoms with Gasteiger partial charge in [0.25, 0.3) is 0 Å². The fourth-order valence-corrected chi connectivity index (χ4v) is 3.75. The average molecular weight is 405 g/mol. The number of amides is 1. The van der Waals surface area contributed by atoms with E-state index in [1.807, 2.05) is 69.5 Å². The average Bonchev–Trinajstić information content (AvgIpc) is 3.13. The van der Waals surface area contributed by atoms with E-state index < -0.39 is 0 Å². The van der Waals surface area contributed by atoms with Crippen molar-refractivity contribution in [2.75, 3.05) is 4.90 Å². The minimum atomic E-state index is -0.107. The lowest BCUT2D eigenvalue weighted by Crippen LogP contribution is -2.22. The number of aryl methyl sites for hydroxylation is 4. The van der Waals surface area contributed by atoms with Crippen molar-refractivity contribution in [2.45, 2.75) is 34.6 Å². The normalized spacial score (nSPS) is 11.1. The topological polar surface area (TPSA) is 50.3 Å². The predicted molar refractivity (Wildman–Crippen MR) is 120 cm³/mol. The number of hydrogen-bond acceptors (Lipinski definition) is 4. The highest BCUT2D eigenvalue weighted by molar-refractivity contribution is 7.14. The summed E-state index contributed by atoms with van der Waals surface area (Å²) in [5, 5.41) is 2.43. The highest BCUT2D eigenvalue weighted by Gasteiger charge is 2.18. The van der Waals surface area contributed by atoms with Gasteiger partial charge in [-0.2, -0.15) is 0 Å². The molecular formula is C24H24N2O2S. The van der Waals surface area contributed by atoms with E-state index in [9.17, 15) is 9.59 Å². The number of thiazole rings is 1. The van der Waals surface area contributed by atoms with Crippen molar-refractivity contribution in [2.24, 2.45) is 0 Å². The molecule has 0 aliphatic heterocycles. The molecule has 148 valence electrons. The Bertz CT molecular complexity index is 1110. The summed E-state index contributed by atoms with van der Waals surface area (Å²) in [6.07, 6.45) is 3.22. The Labute approximate surface area is 175 Å². The van der Waals surface area contributed by atoms with Gasteiger partial charge < -0.3 is 0 Å². The molecule has 5 heteroatoms. The van der Waals surface area contributed by atoms with Gasteiger partial charge in [-0.1, -0.05) is 18.2 Å². The second-order valence-electron chi connectivity index (χ2n) is 7.17. The Morgan fingerprint density at radius 3 is 2.21 bits per heavy atom. The number of hydrogen-bond donors (Lipinski definition) is 0. The highest BCUT2D eigenvalue weighted by atomic mass is 32.1. The summed E-state index contributed by atoms with van der Waals surface area (Å²) in [4.78, 5) is 30.9. The van der Waals surface area contributed by atoms with Crippen LogP contribution < -0.4 is 4.90 Å². The number of nitrogens with zero attached hydrogens (tertiary/aromatic N) is 2. The van der Waals surface area contributed by atoms with Crippen LogP contribution in [0.4, 0.5) is 10.8 Å². The van der Waals surface area contributed by atoms with Crippen LogP contribution in [0.15, 0.2) is 47.9 Å². The van der Waals surface area contributed by atoms with E-state index in [0.717, 1.165) is 22.4 Å². The maximum absolute atomic E-state index is 12.4. The summed E-state index contributed by atoms with van der Waals surface area (Å²) in [6, 6.07) is 11.6. The number of carbonyl (C=O) groups is 2. The maximum Gasteiger partial charge on any atom is 0.230 e. The van der Waals surface area contributed by atoms with Crippen LogP contribution in [-0.2, 0) is 4.79 Å². The van der Waals surface area contributed by atoms with Gasteiger partial charge in [0, 0.05) is 17.9 Å². The molecule has 1 heterocycles. The van der Waals surface area contributed by atoms with Crippen molar-refractivity contribution < 1.29 is 9.59 Å². The first kappa shape index (κ1) is 20.7. The molecular weight excluding hydrogens is 380 g/mol. The lowest BCUT2D eigenvalue weighted by atomic mass is 10.0. The van der Waals surface area contributed by atoms with Crippen LogP contribution in [0.25, 0.3) is 6.08 Å². The quantitative estimate of drug-likeness (QED) is 0.389. The molecule has 3 aromatic rings. The monoisotopic (exact) mass is 404 g/mol. The van der Waals surface area contributed by atoms with Crippen LogP contribution in [0.2, 0.25) is 0 Å². The molecule has 0 N–H and O–H groups in total. The van der Waals surface area contributed by atoms with Gasteiger partial charge in [0.1, 0.15) is 0 Å². The molecule has 29 heavy (non-hydrogen) atoms. The summed E-state index contributed by atoms with van der Waals surface area (Å²) in [6.45, 7) is 9.59. The van der Waals surface area contributed by atoms with Gasteiger partial charge >= 0.3 is 0 Å². The lowest BCUT2D eigenvalue weighted by Gasteiger charge is -2.19. The largest absolute Gasteiger partial charge is 0.289 e. The first-order valence-electron chi connectivity index (χ1n) is 9.39. The molecule has 0 fully saturated rings. The van der Waals surface area contributed by atoms with Crippen molar-refractivity contribution in [1.82, 2.24) is 4.98 Å². The van der Waals surface area contributed by atoms with Gasteiger partial charge in [-0.15, -0.1) is 11.3 Å². The zero-order valence-corrected chi connectivity index (χ0v) is 18.1. The van der Waals surface area contributed by atoms with E-state index in [1.54, 1.807) is 11.0 Å². The second-order valence-corrected chi connectivity index (χ2v) is 8.01. The van der Waals surface area contributed by atoms with Crippen LogP contribution in [0, 0.1) is 27.7 Å². The van der Waals surface area contributed by atoms with Crippen molar-refractivity contribution >= 4 is 39.9 Å². The molecule has 0 aliphatic rings. The van der Waals surface area contributed by atoms with Crippen LogP contribution in [0.3, 0.4) is 0 Å². The van der Waals surface area contributed by atoms with Crippen LogP contribution in [0.1, 0.15) is 45.2 Å². The Morgan fingerprint density at radius 2 is 1.59 bits per heavy atom. The third kappa shape index (κ3) is 4.69. The molecule has 1 amide bonds. The van der Waals surface area contributed by atoms with Gasteiger partial charge in [-0.25, -0.2) is 4.98 Å². The predicted octanol–water partition coefficient (Wildman–Crippen LogP) is 5.96. The molecule has 0 bridgehead atoms. The first-order valence-corrected chi connectivity index (χ1v) is 10.3. The van der Waals surface area contributed by atoms with Crippen molar-refractivity contribution in [3.63, 3.8) is 0 Å². The highest BCUT2D eigenvalue weighted by Crippen LogP contribution is 2.30. The van der Waals surface area contributed by atoms with Crippen molar-refractivity contribution in [3.8, 4) is 0 Å². The summed E-state index contributed by atoms with van der Waals surface area (Å²) >= 11 is 1.37.